The predicted octanol–water partition coefficient (Wildman–Crippen LogP) is 5.69. The van der Waals surface area contributed by atoms with Gasteiger partial charge in [-0.1, -0.05) is 19.9 Å². The van der Waals surface area contributed by atoms with E-state index in [1.165, 1.54) is 12.4 Å². The molecule has 2 heterocycles. The second-order valence-electron chi connectivity index (χ2n) is 8.75. The monoisotopic (exact) mass is 464 g/mol. The van der Waals surface area contributed by atoms with Crippen LogP contribution >= 0.6 is 0 Å². The zero-order valence-electron chi connectivity index (χ0n) is 19.3. The molecule has 2 aromatic carbocycles. The summed E-state index contributed by atoms with van der Waals surface area (Å²) in [6, 6.07) is 11.0. The highest BCUT2D eigenvalue weighted by Crippen LogP contribution is 2.26. The first-order chi connectivity index (χ1) is 16.2. The van der Waals surface area contributed by atoms with Crippen LogP contribution in [0, 0.1) is 24.5 Å². The number of nitrogens with zero attached hydrogens (tertiary/aromatic N) is 3. The number of carboxylic acid groups (broad SMARTS) is 1. The SMILES string of the molecule is Cc1cc2cc(F)cc(F)c2n1CCNc1cc(-c2ccc(C(=O)O)c(CC(C)C)c2)ncn1. The Balaban J connectivity index is 1.53. The number of fused-ring (bicyclic) bond motifs is 1. The van der Waals surface area contributed by atoms with Gasteiger partial charge in [-0.15, -0.1) is 0 Å². The van der Waals surface area contributed by atoms with E-state index >= 15 is 0 Å². The number of hydrogen-bond donors (Lipinski definition) is 2. The summed E-state index contributed by atoms with van der Waals surface area (Å²) in [7, 11) is 0. The van der Waals surface area contributed by atoms with E-state index in [0.717, 1.165) is 22.9 Å². The van der Waals surface area contributed by atoms with E-state index in [9.17, 15) is 18.7 Å². The van der Waals surface area contributed by atoms with Gasteiger partial charge in [-0.05, 0) is 49.1 Å². The van der Waals surface area contributed by atoms with Crippen molar-refractivity contribution in [3.05, 3.63) is 77.2 Å². The topological polar surface area (TPSA) is 80.0 Å². The van der Waals surface area contributed by atoms with Crippen LogP contribution in [0.15, 0.2) is 48.8 Å². The van der Waals surface area contributed by atoms with Crippen LogP contribution in [0.5, 0.6) is 0 Å². The number of nitrogens with one attached hydrogen (secondary N) is 1. The van der Waals surface area contributed by atoms with Crippen LogP contribution in [0.2, 0.25) is 0 Å². The smallest absolute Gasteiger partial charge is 0.335 e. The highest BCUT2D eigenvalue weighted by molar-refractivity contribution is 5.90. The summed E-state index contributed by atoms with van der Waals surface area (Å²) in [5.74, 6) is -1.22. The van der Waals surface area contributed by atoms with Gasteiger partial charge in [0, 0.05) is 41.9 Å². The standard InChI is InChI=1S/C26H26F2N4O2/c1-15(2)8-18-10-17(4-5-21(18)26(33)34)23-13-24(31-14-30-23)29-6-7-32-16(3)9-19-11-20(27)12-22(28)25(19)32/h4-5,9-15H,6-8H2,1-3H3,(H,33,34)(H,29,30,31). The first-order valence-corrected chi connectivity index (χ1v) is 11.1. The number of anilines is 1. The summed E-state index contributed by atoms with van der Waals surface area (Å²) >= 11 is 0. The number of aromatic carboxylic acids is 1. The molecule has 0 fully saturated rings. The third kappa shape index (κ3) is 4.90. The molecule has 0 aliphatic carbocycles. The van der Waals surface area contributed by atoms with Crippen molar-refractivity contribution in [1.29, 1.82) is 0 Å². The molecular formula is C26H26F2N4O2. The molecule has 6 nitrogen and oxygen atoms in total. The van der Waals surface area contributed by atoms with Gasteiger partial charge < -0.3 is 15.0 Å². The number of halogens is 2. The van der Waals surface area contributed by atoms with Crippen LogP contribution in [0.1, 0.15) is 35.5 Å². The molecular weight excluding hydrogens is 438 g/mol. The molecule has 2 aromatic heterocycles. The molecule has 8 heteroatoms. The maximum Gasteiger partial charge on any atom is 0.335 e. The van der Waals surface area contributed by atoms with Gasteiger partial charge in [0.1, 0.15) is 23.8 Å². The lowest BCUT2D eigenvalue weighted by atomic mass is 9.95. The van der Waals surface area contributed by atoms with Crippen molar-refractivity contribution in [3.63, 3.8) is 0 Å². The Morgan fingerprint density at radius 2 is 1.91 bits per heavy atom. The van der Waals surface area contributed by atoms with Crippen molar-refractivity contribution in [3.8, 4) is 11.3 Å². The highest BCUT2D eigenvalue weighted by atomic mass is 19.1. The Kier molecular flexibility index (Phi) is 6.58. The molecule has 0 bridgehead atoms. The first-order valence-electron chi connectivity index (χ1n) is 11.1. The average Bonchev–Trinajstić information content (AvgIpc) is 3.08. The van der Waals surface area contributed by atoms with E-state index < -0.39 is 17.6 Å². The van der Waals surface area contributed by atoms with Crippen LogP contribution in [0.3, 0.4) is 0 Å². The Bertz CT molecular complexity index is 1360. The molecule has 4 rings (SSSR count). The summed E-state index contributed by atoms with van der Waals surface area (Å²) in [5.41, 5.74) is 3.75. The van der Waals surface area contributed by atoms with Gasteiger partial charge in [-0.25, -0.2) is 23.5 Å². The van der Waals surface area contributed by atoms with Crippen molar-refractivity contribution >= 4 is 22.7 Å². The van der Waals surface area contributed by atoms with E-state index in [1.54, 1.807) is 24.3 Å². The normalized spacial score (nSPS) is 11.4. The molecule has 0 radical (unpaired) electrons. The van der Waals surface area contributed by atoms with E-state index in [4.69, 9.17) is 0 Å². The van der Waals surface area contributed by atoms with E-state index in [-0.39, 0.29) is 0 Å². The predicted molar refractivity (Wildman–Crippen MR) is 128 cm³/mol. The first kappa shape index (κ1) is 23.4. The number of benzene rings is 2. The average molecular weight is 465 g/mol. The Labute approximate surface area is 196 Å². The van der Waals surface area contributed by atoms with Crippen molar-refractivity contribution < 1.29 is 18.7 Å². The molecule has 0 amide bonds. The molecule has 0 spiro atoms. The summed E-state index contributed by atoms with van der Waals surface area (Å²) in [6.45, 7) is 6.87. The minimum Gasteiger partial charge on any atom is -0.478 e. The second kappa shape index (κ2) is 9.59. The third-order valence-corrected chi connectivity index (χ3v) is 5.69. The molecule has 0 atom stereocenters. The van der Waals surface area contributed by atoms with Gasteiger partial charge >= 0.3 is 5.97 Å². The quantitative estimate of drug-likeness (QED) is 0.350. The zero-order valence-corrected chi connectivity index (χ0v) is 19.3. The van der Waals surface area contributed by atoms with Crippen LogP contribution in [0.25, 0.3) is 22.2 Å². The lowest BCUT2D eigenvalue weighted by Crippen LogP contribution is -2.13. The fourth-order valence-electron chi connectivity index (χ4n) is 4.23. The van der Waals surface area contributed by atoms with E-state index in [0.29, 0.717) is 53.4 Å². The molecule has 0 unspecified atom stereocenters. The molecule has 0 aliphatic heterocycles. The zero-order chi connectivity index (χ0) is 24.4. The Morgan fingerprint density at radius 1 is 1.12 bits per heavy atom. The van der Waals surface area contributed by atoms with Crippen LogP contribution < -0.4 is 5.32 Å². The number of aromatic nitrogens is 3. The van der Waals surface area contributed by atoms with Gasteiger partial charge in [0.05, 0.1) is 16.8 Å². The molecule has 0 aliphatic rings. The number of aryl methyl sites for hydroxylation is 1. The van der Waals surface area contributed by atoms with Gasteiger partial charge in [-0.3, -0.25) is 0 Å². The largest absolute Gasteiger partial charge is 0.478 e. The van der Waals surface area contributed by atoms with Gasteiger partial charge in [0.15, 0.2) is 0 Å². The van der Waals surface area contributed by atoms with Crippen LogP contribution in [-0.4, -0.2) is 32.2 Å². The van der Waals surface area contributed by atoms with Crippen molar-refractivity contribution in [2.75, 3.05) is 11.9 Å². The summed E-state index contributed by atoms with van der Waals surface area (Å²) in [4.78, 5) is 20.2. The number of rotatable bonds is 8. The number of carbonyl (C=O) groups is 1. The molecule has 0 saturated heterocycles. The lowest BCUT2D eigenvalue weighted by molar-refractivity contribution is 0.0695. The van der Waals surface area contributed by atoms with Crippen LogP contribution in [0.4, 0.5) is 14.6 Å². The van der Waals surface area contributed by atoms with E-state index in [2.05, 4.69) is 15.3 Å². The van der Waals surface area contributed by atoms with Gasteiger partial charge in [0.2, 0.25) is 0 Å². The molecule has 4 aromatic rings. The fraction of sp³-hybridized carbons (Fsp3) is 0.269. The number of carboxylic acids is 1. The summed E-state index contributed by atoms with van der Waals surface area (Å²) in [6.07, 6.45) is 2.10. The van der Waals surface area contributed by atoms with Crippen molar-refractivity contribution in [2.45, 2.75) is 33.7 Å². The second-order valence-corrected chi connectivity index (χ2v) is 8.75. The third-order valence-electron chi connectivity index (χ3n) is 5.69. The van der Waals surface area contributed by atoms with Crippen molar-refractivity contribution in [2.24, 2.45) is 5.92 Å². The molecule has 2 N–H and O–H groups in total. The molecule has 0 saturated carbocycles. The van der Waals surface area contributed by atoms with Gasteiger partial charge in [0.25, 0.3) is 0 Å². The maximum atomic E-state index is 14.4. The summed E-state index contributed by atoms with van der Waals surface area (Å²) in [5, 5.41) is 13.3. The Morgan fingerprint density at radius 3 is 2.65 bits per heavy atom. The highest BCUT2D eigenvalue weighted by Gasteiger charge is 2.14. The maximum absolute atomic E-state index is 14.4. The molecule has 176 valence electrons. The fourth-order valence-corrected chi connectivity index (χ4v) is 4.23. The molecule has 34 heavy (non-hydrogen) atoms. The van der Waals surface area contributed by atoms with Crippen molar-refractivity contribution in [1.82, 2.24) is 14.5 Å². The van der Waals surface area contributed by atoms with Crippen LogP contribution in [-0.2, 0) is 13.0 Å². The Hall–Kier alpha value is -3.81. The number of hydrogen-bond acceptors (Lipinski definition) is 4. The van der Waals surface area contributed by atoms with E-state index in [1.807, 2.05) is 31.4 Å². The van der Waals surface area contributed by atoms with Gasteiger partial charge in [-0.2, -0.15) is 0 Å². The summed E-state index contributed by atoms with van der Waals surface area (Å²) < 4.78 is 29.7. The minimum atomic E-state index is -0.945. The minimum absolute atomic E-state index is 0.297. The lowest BCUT2D eigenvalue weighted by Gasteiger charge is -2.13.